The number of rotatable bonds is 6. The zero-order chi connectivity index (χ0) is 12.9. The van der Waals surface area contributed by atoms with Crippen LogP contribution in [0.5, 0.6) is 0 Å². The highest BCUT2D eigenvalue weighted by Gasteiger charge is 2.35. The van der Waals surface area contributed by atoms with Crippen LogP contribution >= 0.6 is 0 Å². The molecule has 1 aliphatic rings. The first kappa shape index (κ1) is 14.5. The molecular formula is C13H25NO3. The highest BCUT2D eigenvalue weighted by molar-refractivity contribution is 5.74. The van der Waals surface area contributed by atoms with Gasteiger partial charge in [-0.2, -0.15) is 0 Å². The van der Waals surface area contributed by atoms with Gasteiger partial charge in [0.05, 0.1) is 11.5 Å². The molecule has 0 spiro atoms. The Kier molecular flexibility index (Phi) is 5.40. The maximum Gasteiger partial charge on any atom is 0.310 e. The Labute approximate surface area is 104 Å². The Hall–Kier alpha value is -0.610. The smallest absolute Gasteiger partial charge is 0.310 e. The van der Waals surface area contributed by atoms with E-state index in [1.165, 1.54) is 0 Å². The monoisotopic (exact) mass is 243 g/mol. The van der Waals surface area contributed by atoms with Crippen molar-refractivity contribution in [3.8, 4) is 0 Å². The van der Waals surface area contributed by atoms with Gasteiger partial charge in [-0.05, 0) is 32.6 Å². The van der Waals surface area contributed by atoms with Crippen molar-refractivity contribution in [2.45, 2.75) is 58.6 Å². The Balaban J connectivity index is 2.49. The SMILES string of the molecule is CCC(CC)(CNC1CCOC(C)C1)C(=O)O. The van der Waals surface area contributed by atoms with Crippen molar-refractivity contribution in [2.75, 3.05) is 13.2 Å². The number of ether oxygens (including phenoxy) is 1. The molecule has 0 aromatic heterocycles. The van der Waals surface area contributed by atoms with Crippen molar-refractivity contribution in [3.05, 3.63) is 0 Å². The molecule has 1 rings (SSSR count). The summed E-state index contributed by atoms with van der Waals surface area (Å²) < 4.78 is 5.48. The Morgan fingerprint density at radius 1 is 1.47 bits per heavy atom. The zero-order valence-corrected chi connectivity index (χ0v) is 11.2. The van der Waals surface area contributed by atoms with E-state index < -0.39 is 11.4 Å². The maximum atomic E-state index is 11.4. The number of hydrogen-bond donors (Lipinski definition) is 2. The third-order valence-corrected chi connectivity index (χ3v) is 4.02. The lowest BCUT2D eigenvalue weighted by atomic mass is 9.82. The van der Waals surface area contributed by atoms with Gasteiger partial charge < -0.3 is 15.2 Å². The molecular weight excluding hydrogens is 218 g/mol. The van der Waals surface area contributed by atoms with Crippen molar-refractivity contribution in [1.82, 2.24) is 5.32 Å². The second-order valence-electron chi connectivity index (χ2n) is 5.08. The molecule has 4 heteroatoms. The van der Waals surface area contributed by atoms with Crippen molar-refractivity contribution < 1.29 is 14.6 Å². The average Bonchev–Trinajstić information content (AvgIpc) is 2.31. The number of carboxylic acids is 1. The molecule has 0 saturated carbocycles. The van der Waals surface area contributed by atoms with E-state index in [9.17, 15) is 9.90 Å². The van der Waals surface area contributed by atoms with Crippen molar-refractivity contribution >= 4 is 5.97 Å². The first-order valence-electron chi connectivity index (χ1n) is 6.62. The van der Waals surface area contributed by atoms with Crippen LogP contribution < -0.4 is 5.32 Å². The van der Waals surface area contributed by atoms with Crippen LogP contribution in [0.2, 0.25) is 0 Å². The topological polar surface area (TPSA) is 58.6 Å². The van der Waals surface area contributed by atoms with E-state index in [2.05, 4.69) is 12.2 Å². The Morgan fingerprint density at radius 2 is 2.12 bits per heavy atom. The molecule has 4 nitrogen and oxygen atoms in total. The molecule has 1 fully saturated rings. The summed E-state index contributed by atoms with van der Waals surface area (Å²) in [6, 6.07) is 0.399. The summed E-state index contributed by atoms with van der Waals surface area (Å²) in [6.07, 6.45) is 3.58. The number of nitrogens with one attached hydrogen (secondary N) is 1. The lowest BCUT2D eigenvalue weighted by Gasteiger charge is -2.33. The quantitative estimate of drug-likeness (QED) is 0.749. The summed E-state index contributed by atoms with van der Waals surface area (Å²) in [5.74, 6) is -0.685. The van der Waals surface area contributed by atoms with Crippen molar-refractivity contribution in [2.24, 2.45) is 5.41 Å². The van der Waals surface area contributed by atoms with Gasteiger partial charge in [0.1, 0.15) is 0 Å². The summed E-state index contributed by atoms with van der Waals surface area (Å²) in [5, 5.41) is 12.8. The summed E-state index contributed by atoms with van der Waals surface area (Å²) >= 11 is 0. The van der Waals surface area contributed by atoms with Gasteiger partial charge in [-0.1, -0.05) is 13.8 Å². The van der Waals surface area contributed by atoms with Crippen LogP contribution in [0.25, 0.3) is 0 Å². The fourth-order valence-electron chi connectivity index (χ4n) is 2.40. The van der Waals surface area contributed by atoms with Crippen LogP contribution in [0.4, 0.5) is 0 Å². The Bertz CT molecular complexity index is 251. The van der Waals surface area contributed by atoms with E-state index in [0.717, 1.165) is 19.4 Å². The number of hydrogen-bond acceptors (Lipinski definition) is 3. The minimum atomic E-state index is -0.685. The van der Waals surface area contributed by atoms with Crippen LogP contribution in [0.1, 0.15) is 46.5 Å². The summed E-state index contributed by atoms with van der Waals surface area (Å²) in [6.45, 7) is 7.31. The fourth-order valence-corrected chi connectivity index (χ4v) is 2.40. The van der Waals surface area contributed by atoms with Gasteiger partial charge in [0.2, 0.25) is 0 Å². The van der Waals surface area contributed by atoms with Crippen molar-refractivity contribution in [3.63, 3.8) is 0 Å². The van der Waals surface area contributed by atoms with Crippen LogP contribution in [0.15, 0.2) is 0 Å². The first-order valence-corrected chi connectivity index (χ1v) is 6.62. The summed E-state index contributed by atoms with van der Waals surface area (Å²) in [4.78, 5) is 11.4. The number of aliphatic carboxylic acids is 1. The summed E-state index contributed by atoms with van der Waals surface area (Å²) in [5.41, 5.74) is -0.610. The van der Waals surface area contributed by atoms with Crippen molar-refractivity contribution in [1.29, 1.82) is 0 Å². The first-order chi connectivity index (χ1) is 8.04. The molecule has 17 heavy (non-hydrogen) atoms. The lowest BCUT2D eigenvalue weighted by molar-refractivity contribution is -0.149. The molecule has 1 aliphatic heterocycles. The largest absolute Gasteiger partial charge is 0.481 e. The molecule has 0 aromatic carbocycles. The molecule has 0 radical (unpaired) electrons. The van der Waals surface area contributed by atoms with E-state index in [0.29, 0.717) is 25.4 Å². The third kappa shape index (κ3) is 3.68. The van der Waals surface area contributed by atoms with Gasteiger partial charge in [0.25, 0.3) is 0 Å². The highest BCUT2D eigenvalue weighted by Crippen LogP contribution is 2.26. The maximum absolute atomic E-state index is 11.4. The zero-order valence-electron chi connectivity index (χ0n) is 11.2. The molecule has 0 aromatic rings. The molecule has 2 atom stereocenters. The molecule has 0 amide bonds. The lowest BCUT2D eigenvalue weighted by Crippen LogP contribution is -2.46. The van der Waals surface area contributed by atoms with Gasteiger partial charge in [0, 0.05) is 19.2 Å². The van der Waals surface area contributed by atoms with Crippen LogP contribution in [-0.4, -0.2) is 36.4 Å². The normalized spacial score (nSPS) is 25.8. The summed E-state index contributed by atoms with van der Waals surface area (Å²) in [7, 11) is 0. The third-order valence-electron chi connectivity index (χ3n) is 4.02. The van der Waals surface area contributed by atoms with E-state index in [1.54, 1.807) is 0 Å². The van der Waals surface area contributed by atoms with E-state index in [1.807, 2.05) is 13.8 Å². The molecule has 0 aliphatic carbocycles. The molecule has 2 unspecified atom stereocenters. The minimum Gasteiger partial charge on any atom is -0.481 e. The molecule has 2 N–H and O–H groups in total. The minimum absolute atomic E-state index is 0.281. The van der Waals surface area contributed by atoms with Gasteiger partial charge in [-0.25, -0.2) is 0 Å². The molecule has 1 saturated heterocycles. The van der Waals surface area contributed by atoms with Gasteiger partial charge in [-0.15, -0.1) is 0 Å². The number of carbonyl (C=O) groups is 1. The van der Waals surface area contributed by atoms with Gasteiger partial charge >= 0.3 is 5.97 Å². The van der Waals surface area contributed by atoms with E-state index >= 15 is 0 Å². The standard InChI is InChI=1S/C13H25NO3/c1-4-13(5-2,12(15)16)9-14-11-6-7-17-10(3)8-11/h10-11,14H,4-9H2,1-3H3,(H,15,16). The molecule has 0 bridgehead atoms. The molecule has 100 valence electrons. The highest BCUT2D eigenvalue weighted by atomic mass is 16.5. The predicted molar refractivity (Wildman–Crippen MR) is 67.1 cm³/mol. The van der Waals surface area contributed by atoms with Crippen LogP contribution in [-0.2, 0) is 9.53 Å². The number of carboxylic acid groups (broad SMARTS) is 1. The van der Waals surface area contributed by atoms with Gasteiger partial charge in [-0.3, -0.25) is 4.79 Å². The predicted octanol–water partition coefficient (Wildman–Crippen LogP) is 2.03. The van der Waals surface area contributed by atoms with Crippen LogP contribution in [0, 0.1) is 5.41 Å². The van der Waals surface area contributed by atoms with Gasteiger partial charge in [0.15, 0.2) is 0 Å². The second-order valence-corrected chi connectivity index (χ2v) is 5.08. The second kappa shape index (κ2) is 6.36. The molecule has 1 heterocycles. The van der Waals surface area contributed by atoms with E-state index in [-0.39, 0.29) is 6.10 Å². The Morgan fingerprint density at radius 3 is 2.59 bits per heavy atom. The fraction of sp³-hybridized carbons (Fsp3) is 0.923. The van der Waals surface area contributed by atoms with E-state index in [4.69, 9.17) is 4.74 Å². The average molecular weight is 243 g/mol. The van der Waals surface area contributed by atoms with Crippen LogP contribution in [0.3, 0.4) is 0 Å².